The molecule has 0 saturated carbocycles. The Kier molecular flexibility index (Phi) is 1.86. The molecule has 0 bridgehead atoms. The van der Waals surface area contributed by atoms with E-state index in [1.165, 1.54) is 22.2 Å². The minimum atomic E-state index is 0.644. The molecule has 0 fully saturated rings. The molecule has 1 aromatic heterocycles. The van der Waals surface area contributed by atoms with Crippen LogP contribution in [0.25, 0.3) is 10.9 Å². The molecule has 0 saturated heterocycles. The Hall–Kier alpha value is -1.28. The van der Waals surface area contributed by atoms with Crippen molar-refractivity contribution in [2.75, 3.05) is 7.05 Å². The van der Waals surface area contributed by atoms with E-state index in [2.05, 4.69) is 48.1 Å². The van der Waals surface area contributed by atoms with Gasteiger partial charge in [0.05, 0.1) is 0 Å². The lowest BCUT2D eigenvalue weighted by molar-refractivity contribution is 0.231. The fourth-order valence-electron chi connectivity index (χ4n) is 2.47. The number of fused-ring (bicyclic) bond motifs is 3. The van der Waals surface area contributed by atoms with E-state index < -0.39 is 0 Å². The number of hydrogen-bond donors (Lipinski definition) is 1. The van der Waals surface area contributed by atoms with Gasteiger partial charge in [-0.2, -0.15) is 0 Å². The molecule has 2 heterocycles. The van der Waals surface area contributed by atoms with Crippen LogP contribution in [0.5, 0.6) is 0 Å². The normalized spacial score (nSPS) is 21.9. The van der Waals surface area contributed by atoms with Gasteiger partial charge in [-0.3, -0.25) is 4.90 Å². The van der Waals surface area contributed by atoms with Gasteiger partial charge in [0, 0.05) is 35.6 Å². The number of aromatic nitrogens is 1. The molecular formula is C13H16N2. The van der Waals surface area contributed by atoms with Gasteiger partial charge in [-0.15, -0.1) is 0 Å². The molecular weight excluding hydrogens is 184 g/mol. The molecule has 1 N–H and O–H groups in total. The quantitative estimate of drug-likeness (QED) is 0.692. The van der Waals surface area contributed by atoms with Crippen molar-refractivity contribution in [1.82, 2.24) is 9.88 Å². The van der Waals surface area contributed by atoms with Crippen molar-refractivity contribution in [2.45, 2.75) is 25.9 Å². The van der Waals surface area contributed by atoms with Crippen LogP contribution in [0, 0.1) is 0 Å². The van der Waals surface area contributed by atoms with Crippen molar-refractivity contribution in [3.05, 3.63) is 35.5 Å². The monoisotopic (exact) mass is 200 g/mol. The second-order valence-corrected chi connectivity index (χ2v) is 4.60. The summed E-state index contributed by atoms with van der Waals surface area (Å²) in [4.78, 5) is 5.96. The number of aromatic amines is 1. The van der Waals surface area contributed by atoms with Crippen molar-refractivity contribution in [3.8, 4) is 0 Å². The van der Waals surface area contributed by atoms with E-state index in [-0.39, 0.29) is 0 Å². The molecule has 1 atom stereocenters. The third-order valence-corrected chi connectivity index (χ3v) is 3.56. The zero-order valence-corrected chi connectivity index (χ0v) is 9.25. The van der Waals surface area contributed by atoms with Gasteiger partial charge in [-0.1, -0.05) is 18.2 Å². The molecule has 0 radical (unpaired) electrons. The Bertz CT molecular complexity index is 498. The number of nitrogens with zero attached hydrogens (tertiary/aromatic N) is 1. The number of para-hydroxylation sites is 1. The first kappa shape index (κ1) is 8.98. The molecule has 0 spiro atoms. The van der Waals surface area contributed by atoms with Crippen molar-refractivity contribution in [1.29, 1.82) is 0 Å². The SMILES string of the molecule is C[C@H]1Cc2[nH]c3ccccc3c2CN1C. The van der Waals surface area contributed by atoms with Crippen LogP contribution in [0.15, 0.2) is 24.3 Å². The van der Waals surface area contributed by atoms with Gasteiger partial charge in [0.1, 0.15) is 0 Å². The lowest BCUT2D eigenvalue weighted by Gasteiger charge is -2.29. The predicted molar refractivity (Wildman–Crippen MR) is 62.9 cm³/mol. The Balaban J connectivity index is 2.21. The van der Waals surface area contributed by atoms with E-state index in [1.54, 1.807) is 0 Å². The molecule has 0 unspecified atom stereocenters. The standard InChI is InChI=1S/C13H16N2/c1-9-7-13-11(8-15(9)2)10-5-3-4-6-12(10)14-13/h3-6,9,14H,7-8H2,1-2H3/t9-/m0/s1. The largest absolute Gasteiger partial charge is 0.358 e. The van der Waals surface area contributed by atoms with E-state index in [9.17, 15) is 0 Å². The number of H-pyrrole nitrogens is 1. The third kappa shape index (κ3) is 1.29. The first-order valence-corrected chi connectivity index (χ1v) is 5.54. The summed E-state index contributed by atoms with van der Waals surface area (Å²) in [5.74, 6) is 0. The average molecular weight is 200 g/mol. The lowest BCUT2D eigenvalue weighted by atomic mass is 10.0. The summed E-state index contributed by atoms with van der Waals surface area (Å²) in [7, 11) is 2.20. The lowest BCUT2D eigenvalue weighted by Crippen LogP contribution is -2.34. The Labute approximate surface area is 89.9 Å². The molecule has 2 aromatic rings. The number of benzene rings is 1. The maximum Gasteiger partial charge on any atom is 0.0459 e. The second kappa shape index (κ2) is 3.11. The molecule has 2 nitrogen and oxygen atoms in total. The average Bonchev–Trinajstić information content (AvgIpc) is 2.57. The first-order valence-electron chi connectivity index (χ1n) is 5.54. The number of likely N-dealkylation sites (N-methyl/N-ethyl adjacent to an activating group) is 1. The smallest absolute Gasteiger partial charge is 0.0459 e. The van der Waals surface area contributed by atoms with E-state index in [0.717, 1.165) is 13.0 Å². The molecule has 0 amide bonds. The molecule has 1 aliphatic rings. The fourth-order valence-corrected chi connectivity index (χ4v) is 2.47. The predicted octanol–water partition coefficient (Wildman–Crippen LogP) is 2.54. The Morgan fingerprint density at radius 1 is 1.33 bits per heavy atom. The van der Waals surface area contributed by atoms with Gasteiger partial charge in [-0.05, 0) is 25.6 Å². The highest BCUT2D eigenvalue weighted by molar-refractivity contribution is 5.84. The van der Waals surface area contributed by atoms with Gasteiger partial charge >= 0.3 is 0 Å². The highest BCUT2D eigenvalue weighted by atomic mass is 15.1. The summed E-state index contributed by atoms with van der Waals surface area (Å²) < 4.78 is 0. The summed E-state index contributed by atoms with van der Waals surface area (Å²) in [6, 6.07) is 9.24. The summed E-state index contributed by atoms with van der Waals surface area (Å²) in [5, 5.41) is 1.39. The van der Waals surface area contributed by atoms with Gasteiger partial charge in [-0.25, -0.2) is 0 Å². The molecule has 2 heteroatoms. The minimum absolute atomic E-state index is 0.644. The van der Waals surface area contributed by atoms with Crippen molar-refractivity contribution in [3.63, 3.8) is 0 Å². The van der Waals surface area contributed by atoms with Gasteiger partial charge < -0.3 is 4.98 Å². The number of rotatable bonds is 0. The fraction of sp³-hybridized carbons (Fsp3) is 0.385. The Morgan fingerprint density at radius 3 is 3.00 bits per heavy atom. The van der Waals surface area contributed by atoms with Crippen molar-refractivity contribution >= 4 is 10.9 Å². The van der Waals surface area contributed by atoms with Crippen LogP contribution in [0.4, 0.5) is 0 Å². The number of nitrogens with one attached hydrogen (secondary N) is 1. The molecule has 1 aromatic carbocycles. The van der Waals surface area contributed by atoms with Crippen LogP contribution in [0.3, 0.4) is 0 Å². The van der Waals surface area contributed by atoms with E-state index in [1.807, 2.05) is 0 Å². The van der Waals surface area contributed by atoms with E-state index >= 15 is 0 Å². The topological polar surface area (TPSA) is 19.0 Å². The van der Waals surface area contributed by atoms with Crippen LogP contribution in [0.1, 0.15) is 18.2 Å². The molecule has 0 aliphatic carbocycles. The van der Waals surface area contributed by atoms with Gasteiger partial charge in [0.2, 0.25) is 0 Å². The summed E-state index contributed by atoms with van der Waals surface area (Å²) in [6.07, 6.45) is 1.14. The zero-order valence-electron chi connectivity index (χ0n) is 9.25. The van der Waals surface area contributed by atoms with Gasteiger partial charge in [0.25, 0.3) is 0 Å². The molecule has 3 rings (SSSR count). The highest BCUT2D eigenvalue weighted by Gasteiger charge is 2.22. The van der Waals surface area contributed by atoms with Crippen molar-refractivity contribution in [2.24, 2.45) is 0 Å². The van der Waals surface area contributed by atoms with Crippen molar-refractivity contribution < 1.29 is 0 Å². The molecule has 1 aliphatic heterocycles. The summed E-state index contributed by atoms with van der Waals surface area (Å²) in [5.41, 5.74) is 4.21. The maximum atomic E-state index is 3.54. The summed E-state index contributed by atoms with van der Waals surface area (Å²) >= 11 is 0. The minimum Gasteiger partial charge on any atom is -0.358 e. The number of hydrogen-bond acceptors (Lipinski definition) is 1. The van der Waals surface area contributed by atoms with Gasteiger partial charge in [0.15, 0.2) is 0 Å². The van der Waals surface area contributed by atoms with Crippen LogP contribution in [0.2, 0.25) is 0 Å². The first-order chi connectivity index (χ1) is 7.25. The van der Waals surface area contributed by atoms with E-state index in [0.29, 0.717) is 6.04 Å². The molecule has 78 valence electrons. The highest BCUT2D eigenvalue weighted by Crippen LogP contribution is 2.28. The van der Waals surface area contributed by atoms with Crippen LogP contribution < -0.4 is 0 Å². The third-order valence-electron chi connectivity index (χ3n) is 3.56. The molecule has 15 heavy (non-hydrogen) atoms. The van der Waals surface area contributed by atoms with Crippen LogP contribution >= 0.6 is 0 Å². The second-order valence-electron chi connectivity index (χ2n) is 4.60. The van der Waals surface area contributed by atoms with E-state index in [4.69, 9.17) is 0 Å². The summed E-state index contributed by atoms with van der Waals surface area (Å²) in [6.45, 7) is 3.36. The van der Waals surface area contributed by atoms with Crippen LogP contribution in [-0.2, 0) is 13.0 Å². The van der Waals surface area contributed by atoms with Crippen LogP contribution in [-0.4, -0.2) is 23.0 Å². The zero-order chi connectivity index (χ0) is 10.4. The maximum absolute atomic E-state index is 3.54. The Morgan fingerprint density at radius 2 is 2.13 bits per heavy atom.